The molecule has 0 aromatic rings. The minimum absolute atomic E-state index is 0.366. The molecule has 0 aliphatic carbocycles. The Balaban J connectivity index is 3.14. The Bertz CT molecular complexity index is 382. The highest BCUT2D eigenvalue weighted by Crippen LogP contribution is 2.38. The van der Waals surface area contributed by atoms with E-state index in [0.717, 1.165) is 0 Å². The molecule has 1 aliphatic rings. The second-order valence-electron chi connectivity index (χ2n) is 4.71. The summed E-state index contributed by atoms with van der Waals surface area (Å²) in [4.78, 5) is 34.6. The molecule has 7 heteroatoms. The molecule has 0 bridgehead atoms. The number of esters is 1. The van der Waals surface area contributed by atoms with Gasteiger partial charge in [0.1, 0.15) is 0 Å². The first-order valence-electron chi connectivity index (χ1n) is 6.16. The van der Waals surface area contributed by atoms with E-state index in [-0.39, 0.29) is 6.42 Å². The van der Waals surface area contributed by atoms with Crippen molar-refractivity contribution in [2.45, 2.75) is 31.7 Å². The number of ether oxygens (including phenoxy) is 1. The fourth-order valence-electron chi connectivity index (χ4n) is 2.72. The Labute approximate surface area is 110 Å². The number of aliphatic hydroxyl groups is 1. The number of hydrogen-bond acceptors (Lipinski definition) is 5. The highest BCUT2D eigenvalue weighted by atomic mass is 16.5. The second-order valence-corrected chi connectivity index (χ2v) is 4.71. The van der Waals surface area contributed by atoms with Crippen LogP contribution in [0.25, 0.3) is 0 Å². The van der Waals surface area contributed by atoms with Gasteiger partial charge < -0.3 is 20.3 Å². The number of methoxy groups -OCH3 is 1. The minimum atomic E-state index is -1.53. The maximum Gasteiger partial charge on any atom is 0.334 e. The Morgan fingerprint density at radius 3 is 2.53 bits per heavy atom. The van der Waals surface area contributed by atoms with E-state index in [1.165, 1.54) is 7.11 Å². The summed E-state index contributed by atoms with van der Waals surface area (Å²) in [7, 11) is 1.17. The van der Waals surface area contributed by atoms with E-state index in [1.54, 1.807) is 0 Å². The zero-order valence-electron chi connectivity index (χ0n) is 11.0. The highest BCUT2D eigenvalue weighted by Gasteiger charge is 2.58. The van der Waals surface area contributed by atoms with Gasteiger partial charge in [0.15, 0.2) is 5.54 Å². The van der Waals surface area contributed by atoms with Gasteiger partial charge in [-0.2, -0.15) is 0 Å². The minimum Gasteiger partial charge on any atom is -0.481 e. The molecule has 1 fully saturated rings. The number of aliphatic hydroxyl groups excluding tert-OH is 1. The first-order valence-corrected chi connectivity index (χ1v) is 6.16. The molecule has 1 saturated heterocycles. The van der Waals surface area contributed by atoms with Crippen LogP contribution in [0.3, 0.4) is 0 Å². The van der Waals surface area contributed by atoms with Crippen molar-refractivity contribution in [3.05, 3.63) is 0 Å². The number of carbonyl (C=O) groups excluding carboxylic acids is 2. The fourth-order valence-corrected chi connectivity index (χ4v) is 2.72. The molecule has 108 valence electrons. The number of carboxylic acid groups (broad SMARTS) is 1. The first kappa shape index (κ1) is 15.4. The number of hydrogen-bond donors (Lipinski definition) is 3. The Hall–Kier alpha value is -1.63. The van der Waals surface area contributed by atoms with Crippen molar-refractivity contribution in [1.82, 2.24) is 5.32 Å². The standard InChI is InChI=1S/C12H19NO6/c1-3-4-8-7(5-9(15)16)10(17)13-12(8,6-14)11(18)19-2/h7-8,14H,3-6H2,1-2H3,(H,13,17)(H,15,16)/t7-,8+,12-/m1/s1. The molecular formula is C12H19NO6. The summed E-state index contributed by atoms with van der Waals surface area (Å²) in [5.74, 6) is -3.79. The van der Waals surface area contributed by atoms with E-state index < -0.39 is 41.8 Å². The van der Waals surface area contributed by atoms with Crippen molar-refractivity contribution in [1.29, 1.82) is 0 Å². The summed E-state index contributed by atoms with van der Waals surface area (Å²) < 4.78 is 4.65. The predicted octanol–water partition coefficient (Wildman–Crippen LogP) is -0.472. The highest BCUT2D eigenvalue weighted by molar-refractivity contribution is 5.95. The predicted molar refractivity (Wildman–Crippen MR) is 64.1 cm³/mol. The average Bonchev–Trinajstić information content (AvgIpc) is 2.63. The van der Waals surface area contributed by atoms with Crippen molar-refractivity contribution < 1.29 is 29.3 Å². The quantitative estimate of drug-likeness (QED) is 0.564. The normalized spacial score (nSPS) is 29.9. The number of nitrogens with one attached hydrogen (secondary N) is 1. The number of carboxylic acids is 1. The van der Waals surface area contributed by atoms with Gasteiger partial charge in [0.05, 0.1) is 26.1 Å². The van der Waals surface area contributed by atoms with Crippen molar-refractivity contribution in [2.24, 2.45) is 11.8 Å². The molecule has 7 nitrogen and oxygen atoms in total. The van der Waals surface area contributed by atoms with Crippen LogP contribution in [-0.2, 0) is 19.1 Å². The van der Waals surface area contributed by atoms with E-state index in [0.29, 0.717) is 12.8 Å². The van der Waals surface area contributed by atoms with Crippen LogP contribution in [0.15, 0.2) is 0 Å². The van der Waals surface area contributed by atoms with Gasteiger partial charge in [0.25, 0.3) is 0 Å². The van der Waals surface area contributed by atoms with Crippen molar-refractivity contribution >= 4 is 17.8 Å². The van der Waals surface area contributed by atoms with Crippen LogP contribution >= 0.6 is 0 Å². The Morgan fingerprint density at radius 1 is 1.47 bits per heavy atom. The van der Waals surface area contributed by atoms with Crippen LogP contribution in [-0.4, -0.2) is 47.3 Å². The summed E-state index contributed by atoms with van der Waals surface area (Å²) in [6.07, 6.45) is 0.746. The molecular weight excluding hydrogens is 254 g/mol. The summed E-state index contributed by atoms with van der Waals surface area (Å²) in [5, 5.41) is 20.8. The molecule has 1 amide bonds. The van der Waals surface area contributed by atoms with Crippen LogP contribution in [0.2, 0.25) is 0 Å². The van der Waals surface area contributed by atoms with Crippen LogP contribution in [0.5, 0.6) is 0 Å². The van der Waals surface area contributed by atoms with E-state index in [2.05, 4.69) is 10.1 Å². The third kappa shape index (κ3) is 2.70. The lowest BCUT2D eigenvalue weighted by Crippen LogP contribution is -2.56. The van der Waals surface area contributed by atoms with E-state index in [4.69, 9.17) is 5.11 Å². The first-order chi connectivity index (χ1) is 8.92. The molecule has 1 aliphatic heterocycles. The number of carbonyl (C=O) groups is 3. The Kier molecular flexibility index (Phi) is 4.88. The molecule has 1 heterocycles. The SMILES string of the molecule is CCC[C@H]1[C@@H](CC(=O)O)C(=O)N[C@@]1(CO)C(=O)OC. The summed E-state index contributed by atoms with van der Waals surface area (Å²) in [6.45, 7) is 1.26. The monoisotopic (exact) mass is 273 g/mol. The summed E-state index contributed by atoms with van der Waals surface area (Å²) in [6, 6.07) is 0. The average molecular weight is 273 g/mol. The molecule has 1 rings (SSSR count). The van der Waals surface area contributed by atoms with Gasteiger partial charge in [-0.05, 0) is 6.42 Å². The number of rotatable bonds is 6. The lowest BCUT2D eigenvalue weighted by atomic mass is 9.76. The number of aliphatic carboxylic acids is 1. The lowest BCUT2D eigenvalue weighted by Gasteiger charge is -2.31. The summed E-state index contributed by atoms with van der Waals surface area (Å²) >= 11 is 0. The molecule has 0 aromatic heterocycles. The molecule has 0 spiro atoms. The molecule has 0 aromatic carbocycles. The van der Waals surface area contributed by atoms with E-state index >= 15 is 0 Å². The van der Waals surface area contributed by atoms with Crippen LogP contribution in [0.1, 0.15) is 26.2 Å². The third-order valence-electron chi connectivity index (χ3n) is 3.59. The molecule has 0 radical (unpaired) electrons. The number of amides is 1. The van der Waals surface area contributed by atoms with Gasteiger partial charge >= 0.3 is 11.9 Å². The molecule has 3 N–H and O–H groups in total. The van der Waals surface area contributed by atoms with E-state index in [9.17, 15) is 19.5 Å². The topological polar surface area (TPSA) is 113 Å². The third-order valence-corrected chi connectivity index (χ3v) is 3.59. The second kappa shape index (κ2) is 6.01. The molecule has 0 saturated carbocycles. The van der Waals surface area contributed by atoms with Crippen molar-refractivity contribution in [3.8, 4) is 0 Å². The van der Waals surface area contributed by atoms with Crippen molar-refractivity contribution in [3.63, 3.8) is 0 Å². The van der Waals surface area contributed by atoms with Gasteiger partial charge in [-0.15, -0.1) is 0 Å². The van der Waals surface area contributed by atoms with Crippen molar-refractivity contribution in [2.75, 3.05) is 13.7 Å². The summed E-state index contributed by atoms with van der Waals surface area (Å²) in [5.41, 5.74) is -1.53. The zero-order valence-corrected chi connectivity index (χ0v) is 11.0. The molecule has 19 heavy (non-hydrogen) atoms. The zero-order chi connectivity index (χ0) is 14.6. The van der Waals surface area contributed by atoms with Gasteiger partial charge in [0.2, 0.25) is 5.91 Å². The van der Waals surface area contributed by atoms with Gasteiger partial charge in [-0.25, -0.2) is 4.79 Å². The smallest absolute Gasteiger partial charge is 0.334 e. The van der Waals surface area contributed by atoms with Crippen LogP contribution < -0.4 is 5.32 Å². The van der Waals surface area contributed by atoms with Gasteiger partial charge in [-0.1, -0.05) is 13.3 Å². The van der Waals surface area contributed by atoms with Gasteiger partial charge in [-0.3, -0.25) is 9.59 Å². The maximum absolute atomic E-state index is 11.9. The van der Waals surface area contributed by atoms with Crippen LogP contribution in [0, 0.1) is 11.8 Å². The van der Waals surface area contributed by atoms with Gasteiger partial charge in [0, 0.05) is 5.92 Å². The largest absolute Gasteiger partial charge is 0.481 e. The molecule has 3 atom stereocenters. The van der Waals surface area contributed by atoms with Crippen LogP contribution in [0.4, 0.5) is 0 Å². The van der Waals surface area contributed by atoms with E-state index in [1.807, 2.05) is 6.92 Å². The molecule has 0 unspecified atom stereocenters. The fraction of sp³-hybridized carbons (Fsp3) is 0.750. The lowest BCUT2D eigenvalue weighted by molar-refractivity contribution is -0.153. The maximum atomic E-state index is 11.9. The Morgan fingerprint density at radius 2 is 2.11 bits per heavy atom.